The highest BCUT2D eigenvalue weighted by Gasteiger charge is 2.24. The van der Waals surface area contributed by atoms with Gasteiger partial charge in [0.25, 0.3) is 10.0 Å². The van der Waals surface area contributed by atoms with Crippen molar-refractivity contribution in [2.75, 3.05) is 18.9 Å². The number of nitrogens with zero attached hydrogens (tertiary/aromatic N) is 2. The lowest BCUT2D eigenvalue weighted by Crippen LogP contribution is -2.34. The van der Waals surface area contributed by atoms with E-state index in [1.807, 2.05) is 31.4 Å². The Balaban J connectivity index is 1.69. The van der Waals surface area contributed by atoms with Crippen molar-refractivity contribution in [3.05, 3.63) is 52.2 Å². The smallest absolute Gasteiger partial charge is 0.252 e. The van der Waals surface area contributed by atoms with Crippen LogP contribution in [0.4, 0.5) is 5.13 Å². The Bertz CT molecular complexity index is 1060. The van der Waals surface area contributed by atoms with Crippen molar-refractivity contribution in [3.63, 3.8) is 0 Å². The van der Waals surface area contributed by atoms with E-state index in [0.717, 1.165) is 38.0 Å². The van der Waals surface area contributed by atoms with Gasteiger partial charge in [-0.1, -0.05) is 23.8 Å². The molecule has 0 saturated carbocycles. The Labute approximate surface area is 166 Å². The van der Waals surface area contributed by atoms with Gasteiger partial charge in [0.2, 0.25) is 5.91 Å². The van der Waals surface area contributed by atoms with Crippen LogP contribution in [0.3, 0.4) is 0 Å². The lowest BCUT2D eigenvalue weighted by molar-refractivity contribution is -0.116. The first-order valence-electron chi connectivity index (χ1n) is 8.10. The van der Waals surface area contributed by atoms with Crippen LogP contribution in [-0.4, -0.2) is 37.2 Å². The molecule has 0 radical (unpaired) electrons. The maximum atomic E-state index is 12.4. The molecule has 0 atom stereocenters. The molecular formula is C18H19N3O3S3. The van der Waals surface area contributed by atoms with Crippen LogP contribution in [0.15, 0.2) is 45.3 Å². The van der Waals surface area contributed by atoms with Crippen LogP contribution in [0.5, 0.6) is 0 Å². The topological polar surface area (TPSA) is 79.4 Å². The second-order valence-corrected chi connectivity index (χ2v) is 10.2. The average molecular weight is 422 g/mol. The summed E-state index contributed by atoms with van der Waals surface area (Å²) in [7, 11) is -2.27. The fourth-order valence-corrected chi connectivity index (χ4v) is 5.53. The summed E-state index contributed by atoms with van der Waals surface area (Å²) in [6.07, 6.45) is 0. The number of sulfonamides is 1. The fraction of sp³-hybridized carbons (Fsp3) is 0.222. The molecule has 9 heteroatoms. The highest BCUT2D eigenvalue weighted by molar-refractivity contribution is 7.91. The molecule has 2 aromatic heterocycles. The summed E-state index contributed by atoms with van der Waals surface area (Å²) in [6.45, 7) is 3.75. The lowest BCUT2D eigenvalue weighted by atomic mass is 10.0. The first-order valence-corrected chi connectivity index (χ1v) is 11.3. The SMILES string of the molecule is Cc1ccc(C)c(-c2csc(NC(=O)CN(C)S(=O)(=O)c3cccs3)n2)c1. The van der Waals surface area contributed by atoms with Gasteiger partial charge in [-0.05, 0) is 36.9 Å². The average Bonchev–Trinajstić information content (AvgIpc) is 3.29. The number of aromatic nitrogens is 1. The molecule has 3 rings (SSSR count). The Morgan fingerprint density at radius 1 is 1.22 bits per heavy atom. The standard InChI is InChI=1S/C18H19N3O3S3/c1-12-6-7-13(2)14(9-12)15-11-26-18(19-15)20-16(22)10-21(3)27(23,24)17-5-4-8-25-17/h4-9,11H,10H2,1-3H3,(H,19,20,22). The Kier molecular flexibility index (Phi) is 5.75. The lowest BCUT2D eigenvalue weighted by Gasteiger charge is -2.15. The van der Waals surface area contributed by atoms with Crippen LogP contribution >= 0.6 is 22.7 Å². The number of aryl methyl sites for hydroxylation is 2. The van der Waals surface area contributed by atoms with E-state index in [1.165, 1.54) is 24.5 Å². The van der Waals surface area contributed by atoms with Crippen molar-refractivity contribution in [3.8, 4) is 11.3 Å². The molecule has 1 N–H and O–H groups in total. The zero-order valence-electron chi connectivity index (χ0n) is 15.1. The number of likely N-dealkylation sites (N-methyl/N-ethyl adjacent to an activating group) is 1. The quantitative estimate of drug-likeness (QED) is 0.657. The molecule has 1 amide bonds. The van der Waals surface area contributed by atoms with Gasteiger partial charge in [0.1, 0.15) is 4.21 Å². The molecule has 0 aliphatic rings. The zero-order valence-corrected chi connectivity index (χ0v) is 17.5. The number of benzene rings is 1. The molecule has 0 fully saturated rings. The molecule has 0 aliphatic carbocycles. The third kappa shape index (κ3) is 4.44. The summed E-state index contributed by atoms with van der Waals surface area (Å²) in [5.41, 5.74) is 4.04. The number of nitrogens with one attached hydrogen (secondary N) is 1. The summed E-state index contributed by atoms with van der Waals surface area (Å²) in [5, 5.41) is 6.69. The molecule has 142 valence electrons. The first-order chi connectivity index (χ1) is 12.8. The number of thiophene rings is 1. The van der Waals surface area contributed by atoms with E-state index in [9.17, 15) is 13.2 Å². The third-order valence-corrected chi connectivity index (χ3v) is 7.88. The number of hydrogen-bond acceptors (Lipinski definition) is 6. The van der Waals surface area contributed by atoms with Crippen molar-refractivity contribution in [1.29, 1.82) is 0 Å². The largest absolute Gasteiger partial charge is 0.301 e. The highest BCUT2D eigenvalue weighted by Crippen LogP contribution is 2.28. The summed E-state index contributed by atoms with van der Waals surface area (Å²) in [4.78, 5) is 16.7. The van der Waals surface area contributed by atoms with Gasteiger partial charge in [-0.3, -0.25) is 4.79 Å². The van der Waals surface area contributed by atoms with Gasteiger partial charge in [-0.2, -0.15) is 4.31 Å². The van der Waals surface area contributed by atoms with Crippen LogP contribution in [0, 0.1) is 13.8 Å². The van der Waals surface area contributed by atoms with E-state index in [4.69, 9.17) is 0 Å². The minimum atomic E-state index is -3.66. The van der Waals surface area contributed by atoms with E-state index in [2.05, 4.69) is 16.4 Å². The van der Waals surface area contributed by atoms with E-state index in [1.54, 1.807) is 11.4 Å². The van der Waals surface area contributed by atoms with Gasteiger partial charge in [-0.15, -0.1) is 22.7 Å². The number of anilines is 1. The van der Waals surface area contributed by atoms with Gasteiger partial charge in [0.15, 0.2) is 5.13 Å². The molecule has 0 aliphatic heterocycles. The van der Waals surface area contributed by atoms with Crippen molar-refractivity contribution in [2.24, 2.45) is 0 Å². The predicted octanol–water partition coefficient (Wildman–Crippen LogP) is 3.75. The van der Waals surface area contributed by atoms with E-state index < -0.39 is 15.9 Å². The predicted molar refractivity (Wildman–Crippen MR) is 110 cm³/mol. The van der Waals surface area contributed by atoms with E-state index in [0.29, 0.717) is 5.13 Å². The maximum Gasteiger partial charge on any atom is 0.252 e. The Morgan fingerprint density at radius 2 is 2.00 bits per heavy atom. The molecule has 0 spiro atoms. The van der Waals surface area contributed by atoms with Gasteiger partial charge < -0.3 is 5.32 Å². The second kappa shape index (κ2) is 7.89. The van der Waals surface area contributed by atoms with E-state index in [-0.39, 0.29) is 10.8 Å². The second-order valence-electron chi connectivity index (χ2n) is 6.10. The molecule has 2 heterocycles. The number of rotatable bonds is 6. The van der Waals surface area contributed by atoms with Gasteiger partial charge >= 0.3 is 0 Å². The summed E-state index contributed by atoms with van der Waals surface area (Å²) in [5.74, 6) is -0.431. The normalized spacial score (nSPS) is 11.7. The zero-order chi connectivity index (χ0) is 19.6. The molecular weight excluding hydrogens is 402 g/mol. The van der Waals surface area contributed by atoms with Crippen molar-refractivity contribution >= 4 is 43.7 Å². The number of carbonyl (C=O) groups excluding carboxylic acids is 1. The van der Waals surface area contributed by atoms with Crippen molar-refractivity contribution in [2.45, 2.75) is 18.1 Å². The van der Waals surface area contributed by atoms with Gasteiger partial charge in [0, 0.05) is 18.0 Å². The summed E-state index contributed by atoms with van der Waals surface area (Å²) < 4.78 is 26.0. The summed E-state index contributed by atoms with van der Waals surface area (Å²) in [6, 6.07) is 9.31. The van der Waals surface area contributed by atoms with Crippen molar-refractivity contribution < 1.29 is 13.2 Å². The molecule has 0 saturated heterocycles. The molecule has 3 aromatic rings. The minimum absolute atomic E-state index is 0.212. The third-order valence-electron chi connectivity index (χ3n) is 3.95. The number of amides is 1. The number of hydrogen-bond donors (Lipinski definition) is 1. The van der Waals surface area contributed by atoms with Crippen LogP contribution in [0.1, 0.15) is 11.1 Å². The van der Waals surface area contributed by atoms with Gasteiger partial charge in [-0.25, -0.2) is 13.4 Å². The van der Waals surface area contributed by atoms with Crippen LogP contribution < -0.4 is 5.32 Å². The highest BCUT2D eigenvalue weighted by atomic mass is 32.2. The Morgan fingerprint density at radius 3 is 2.70 bits per heavy atom. The van der Waals surface area contributed by atoms with Crippen LogP contribution in [-0.2, 0) is 14.8 Å². The molecule has 0 bridgehead atoms. The molecule has 27 heavy (non-hydrogen) atoms. The summed E-state index contributed by atoms with van der Waals surface area (Å²) >= 11 is 2.43. The van der Waals surface area contributed by atoms with E-state index >= 15 is 0 Å². The molecule has 6 nitrogen and oxygen atoms in total. The number of thiazole rings is 1. The Hall–Kier alpha value is -2.07. The van der Waals surface area contributed by atoms with Crippen LogP contribution in [0.25, 0.3) is 11.3 Å². The molecule has 1 aromatic carbocycles. The molecule has 0 unspecified atom stereocenters. The van der Waals surface area contributed by atoms with Gasteiger partial charge in [0.05, 0.1) is 12.2 Å². The fourth-order valence-electron chi connectivity index (χ4n) is 2.48. The minimum Gasteiger partial charge on any atom is -0.301 e. The maximum absolute atomic E-state index is 12.4. The number of carbonyl (C=O) groups is 1. The van der Waals surface area contributed by atoms with Crippen LogP contribution in [0.2, 0.25) is 0 Å². The first kappa shape index (κ1) is 19.7. The monoisotopic (exact) mass is 421 g/mol. The van der Waals surface area contributed by atoms with Crippen molar-refractivity contribution in [1.82, 2.24) is 9.29 Å².